The number of ether oxygens (including phenoxy) is 2. The lowest BCUT2D eigenvalue weighted by atomic mass is 10.1. The van der Waals surface area contributed by atoms with Crippen LogP contribution >= 0.6 is 35.7 Å². The Bertz CT molecular complexity index is 333. The number of aliphatic imine (C=N–C) groups is 1. The van der Waals surface area contributed by atoms with Crippen LogP contribution in [0.15, 0.2) is 4.99 Å². The molecule has 0 radical (unpaired) electrons. The molecule has 1 unspecified atom stereocenters. The van der Waals surface area contributed by atoms with Gasteiger partial charge in [0.15, 0.2) is 5.96 Å². The Balaban J connectivity index is 0.00000529. The molecule has 24 heavy (non-hydrogen) atoms. The van der Waals surface area contributed by atoms with Crippen LogP contribution in [0.5, 0.6) is 0 Å². The van der Waals surface area contributed by atoms with Crippen LogP contribution in [-0.4, -0.2) is 75.0 Å². The third-order valence-corrected chi connectivity index (χ3v) is 5.43. The van der Waals surface area contributed by atoms with Gasteiger partial charge in [0, 0.05) is 44.3 Å². The van der Waals surface area contributed by atoms with E-state index in [1.165, 1.54) is 12.2 Å². The monoisotopic (exact) mass is 473 g/mol. The summed E-state index contributed by atoms with van der Waals surface area (Å²) in [6, 6.07) is 0. The van der Waals surface area contributed by atoms with E-state index in [9.17, 15) is 0 Å². The number of guanidine groups is 1. The van der Waals surface area contributed by atoms with Crippen molar-refractivity contribution in [3.8, 4) is 0 Å². The Morgan fingerprint density at radius 3 is 2.58 bits per heavy atom. The number of hydrogen-bond acceptors (Lipinski definition) is 4. The second-order valence-corrected chi connectivity index (χ2v) is 7.50. The molecule has 144 valence electrons. The summed E-state index contributed by atoms with van der Waals surface area (Å²) in [5.41, 5.74) is 0. The molecular formula is C17H36IN3O2S. The fourth-order valence-electron chi connectivity index (χ4n) is 2.41. The number of nitrogens with one attached hydrogen (secondary N) is 1. The van der Waals surface area contributed by atoms with Gasteiger partial charge in [-0.05, 0) is 12.3 Å². The normalized spacial score (nSPS) is 18.6. The molecule has 0 saturated carbocycles. The van der Waals surface area contributed by atoms with Gasteiger partial charge in [-0.3, -0.25) is 4.99 Å². The molecule has 1 N–H and O–H groups in total. The third kappa shape index (κ3) is 10.3. The van der Waals surface area contributed by atoms with Crippen LogP contribution in [-0.2, 0) is 9.47 Å². The quantitative estimate of drug-likeness (QED) is 0.229. The zero-order valence-electron chi connectivity index (χ0n) is 15.8. The van der Waals surface area contributed by atoms with Crippen molar-refractivity contribution >= 4 is 41.7 Å². The van der Waals surface area contributed by atoms with Crippen LogP contribution in [0.3, 0.4) is 0 Å². The van der Waals surface area contributed by atoms with E-state index in [0.29, 0.717) is 31.0 Å². The van der Waals surface area contributed by atoms with Gasteiger partial charge in [0.05, 0.1) is 19.8 Å². The topological polar surface area (TPSA) is 46.1 Å². The van der Waals surface area contributed by atoms with Crippen LogP contribution in [0, 0.1) is 5.92 Å². The van der Waals surface area contributed by atoms with Crippen molar-refractivity contribution in [2.45, 2.75) is 38.9 Å². The van der Waals surface area contributed by atoms with Gasteiger partial charge in [-0.1, -0.05) is 27.2 Å². The number of nitrogens with zero attached hydrogens (tertiary/aromatic N) is 2. The molecular weight excluding hydrogens is 437 g/mol. The zero-order valence-corrected chi connectivity index (χ0v) is 18.9. The van der Waals surface area contributed by atoms with Crippen LogP contribution in [0.25, 0.3) is 0 Å². The van der Waals surface area contributed by atoms with Crippen LogP contribution in [0.2, 0.25) is 0 Å². The van der Waals surface area contributed by atoms with Crippen molar-refractivity contribution < 1.29 is 9.47 Å². The zero-order chi connectivity index (χ0) is 16.9. The van der Waals surface area contributed by atoms with E-state index in [1.807, 2.05) is 7.05 Å². The minimum absolute atomic E-state index is 0. The van der Waals surface area contributed by atoms with Crippen molar-refractivity contribution in [2.24, 2.45) is 10.9 Å². The summed E-state index contributed by atoms with van der Waals surface area (Å²) < 4.78 is 11.1. The SMILES string of the molecule is CCCCOCCOCCNC(=NC)N1CCSC(C(C)C)C1.I. The number of unbranched alkanes of at least 4 members (excludes halogenated alkanes) is 1. The molecule has 1 aliphatic rings. The first-order valence-corrected chi connectivity index (χ1v) is 9.96. The molecule has 1 atom stereocenters. The predicted molar refractivity (Wildman–Crippen MR) is 116 cm³/mol. The Labute approximate surface area is 169 Å². The van der Waals surface area contributed by atoms with Crippen molar-refractivity contribution in [2.75, 3.05) is 58.9 Å². The molecule has 1 fully saturated rings. The van der Waals surface area contributed by atoms with Crippen LogP contribution < -0.4 is 5.32 Å². The number of rotatable bonds is 10. The fourth-order valence-corrected chi connectivity index (χ4v) is 3.71. The van der Waals surface area contributed by atoms with Gasteiger partial charge in [-0.15, -0.1) is 24.0 Å². The van der Waals surface area contributed by atoms with E-state index >= 15 is 0 Å². The number of thioether (sulfide) groups is 1. The third-order valence-electron chi connectivity index (χ3n) is 3.89. The van der Waals surface area contributed by atoms with Crippen molar-refractivity contribution in [1.82, 2.24) is 10.2 Å². The summed E-state index contributed by atoms with van der Waals surface area (Å²) >= 11 is 2.08. The Kier molecular flexibility index (Phi) is 15.7. The molecule has 0 spiro atoms. The summed E-state index contributed by atoms with van der Waals surface area (Å²) in [7, 11) is 1.86. The summed E-state index contributed by atoms with van der Waals surface area (Å²) in [6.45, 7) is 12.6. The predicted octanol–water partition coefficient (Wildman–Crippen LogP) is 3.09. The lowest BCUT2D eigenvalue weighted by Gasteiger charge is -2.36. The molecule has 0 aromatic rings. The smallest absolute Gasteiger partial charge is 0.193 e. The minimum atomic E-state index is 0. The summed E-state index contributed by atoms with van der Waals surface area (Å²) in [5.74, 6) is 2.88. The summed E-state index contributed by atoms with van der Waals surface area (Å²) in [6.07, 6.45) is 2.31. The lowest BCUT2D eigenvalue weighted by Crippen LogP contribution is -2.49. The van der Waals surface area contributed by atoms with E-state index in [0.717, 1.165) is 38.6 Å². The Morgan fingerprint density at radius 1 is 1.25 bits per heavy atom. The first kappa shape index (κ1) is 24.3. The fraction of sp³-hybridized carbons (Fsp3) is 0.941. The second-order valence-electron chi connectivity index (χ2n) is 6.15. The second kappa shape index (κ2) is 15.5. The van der Waals surface area contributed by atoms with Crippen LogP contribution in [0.4, 0.5) is 0 Å². The van der Waals surface area contributed by atoms with E-state index in [4.69, 9.17) is 9.47 Å². The highest BCUT2D eigenvalue weighted by Gasteiger charge is 2.24. The van der Waals surface area contributed by atoms with E-state index in [1.54, 1.807) is 0 Å². The van der Waals surface area contributed by atoms with Crippen molar-refractivity contribution in [1.29, 1.82) is 0 Å². The standard InChI is InChI=1S/C17H35N3O2S.HI/c1-5-6-9-21-11-12-22-10-7-19-17(18-4)20-8-13-23-16(14-20)15(2)3;/h15-16H,5-14H2,1-4H3,(H,18,19);1H. The van der Waals surface area contributed by atoms with E-state index in [-0.39, 0.29) is 24.0 Å². The molecule has 7 heteroatoms. The molecule has 0 aromatic heterocycles. The van der Waals surface area contributed by atoms with E-state index in [2.05, 4.69) is 47.7 Å². The number of hydrogen-bond donors (Lipinski definition) is 1. The molecule has 0 aromatic carbocycles. The maximum absolute atomic E-state index is 5.59. The largest absolute Gasteiger partial charge is 0.379 e. The highest BCUT2D eigenvalue weighted by molar-refractivity contribution is 14.0. The average molecular weight is 473 g/mol. The minimum Gasteiger partial charge on any atom is -0.379 e. The van der Waals surface area contributed by atoms with Gasteiger partial charge in [0.2, 0.25) is 0 Å². The van der Waals surface area contributed by atoms with Crippen LogP contribution in [0.1, 0.15) is 33.6 Å². The molecule has 1 heterocycles. The Morgan fingerprint density at radius 2 is 1.96 bits per heavy atom. The molecule has 0 aliphatic carbocycles. The van der Waals surface area contributed by atoms with Gasteiger partial charge in [-0.2, -0.15) is 11.8 Å². The maximum atomic E-state index is 5.59. The number of halogens is 1. The molecule has 5 nitrogen and oxygen atoms in total. The van der Waals surface area contributed by atoms with Crippen molar-refractivity contribution in [3.05, 3.63) is 0 Å². The summed E-state index contributed by atoms with van der Waals surface area (Å²) in [4.78, 5) is 6.79. The average Bonchev–Trinajstić information content (AvgIpc) is 2.57. The molecule has 0 amide bonds. The highest BCUT2D eigenvalue weighted by Crippen LogP contribution is 2.24. The van der Waals surface area contributed by atoms with Gasteiger partial charge in [0.25, 0.3) is 0 Å². The Hall–Kier alpha value is 0.270. The first-order valence-electron chi connectivity index (χ1n) is 8.91. The van der Waals surface area contributed by atoms with Gasteiger partial charge in [-0.25, -0.2) is 0 Å². The first-order chi connectivity index (χ1) is 11.2. The van der Waals surface area contributed by atoms with Gasteiger partial charge in [0.1, 0.15) is 0 Å². The van der Waals surface area contributed by atoms with Crippen molar-refractivity contribution in [3.63, 3.8) is 0 Å². The maximum Gasteiger partial charge on any atom is 0.193 e. The van der Waals surface area contributed by atoms with E-state index < -0.39 is 0 Å². The summed E-state index contributed by atoms with van der Waals surface area (Å²) in [5, 5.41) is 4.10. The van der Waals surface area contributed by atoms with Gasteiger partial charge >= 0.3 is 0 Å². The molecule has 1 saturated heterocycles. The van der Waals surface area contributed by atoms with Gasteiger partial charge < -0.3 is 19.7 Å². The highest BCUT2D eigenvalue weighted by atomic mass is 127. The molecule has 1 rings (SSSR count). The molecule has 1 aliphatic heterocycles. The lowest BCUT2D eigenvalue weighted by molar-refractivity contribution is 0.0486. The molecule has 0 bridgehead atoms.